The second-order valence-electron chi connectivity index (χ2n) is 5.73. The first-order chi connectivity index (χ1) is 10.9. The fraction of sp³-hybridized carbons (Fsp3) is 0.278. The molecule has 120 valence electrons. The van der Waals surface area contributed by atoms with Crippen LogP contribution in [0.25, 0.3) is 0 Å². The van der Waals surface area contributed by atoms with E-state index in [1.54, 1.807) is 6.07 Å². The fourth-order valence-electron chi connectivity index (χ4n) is 2.32. The van der Waals surface area contributed by atoms with Crippen LogP contribution >= 0.6 is 0 Å². The Balaban J connectivity index is 1.96. The van der Waals surface area contributed by atoms with E-state index in [2.05, 4.69) is 18.3 Å². The van der Waals surface area contributed by atoms with Gasteiger partial charge >= 0.3 is 0 Å². The Labute approximate surface area is 137 Å². The summed E-state index contributed by atoms with van der Waals surface area (Å²) in [6, 6.07) is 17.4. The number of hydrogen-bond acceptors (Lipinski definition) is 4. The molecule has 0 unspecified atom stereocenters. The van der Waals surface area contributed by atoms with Gasteiger partial charge in [-0.3, -0.25) is 0 Å². The molecule has 0 radical (unpaired) electrons. The number of nitriles is 1. The molecule has 4 nitrogen and oxygen atoms in total. The Bertz CT molecular complexity index is 806. The predicted octanol–water partition coefficient (Wildman–Crippen LogP) is 2.95. The second kappa shape index (κ2) is 7.40. The standard InChI is InChI=1S/C18H20N2O2S/c1-14(18-5-3-4-17(10-18)11-19)20-12-15-6-8-16(9-7-15)13-23(2,21)22/h3-10,14,20H,12-13H2,1-2H3/t14-/m0/s1. The molecule has 1 atom stereocenters. The smallest absolute Gasteiger partial charge is 0.151 e. The van der Waals surface area contributed by atoms with Gasteiger partial charge in [0.1, 0.15) is 0 Å². The number of benzene rings is 2. The minimum absolute atomic E-state index is 0.0675. The van der Waals surface area contributed by atoms with Gasteiger partial charge in [0.05, 0.1) is 17.4 Å². The van der Waals surface area contributed by atoms with Crippen LogP contribution in [0.15, 0.2) is 48.5 Å². The number of nitrogens with zero attached hydrogens (tertiary/aromatic N) is 1. The first-order valence-electron chi connectivity index (χ1n) is 7.36. The summed E-state index contributed by atoms with van der Waals surface area (Å²) in [4.78, 5) is 0. The van der Waals surface area contributed by atoms with Crippen molar-refractivity contribution in [1.29, 1.82) is 5.26 Å². The van der Waals surface area contributed by atoms with Crippen molar-refractivity contribution < 1.29 is 8.42 Å². The molecule has 0 aromatic heterocycles. The minimum Gasteiger partial charge on any atom is -0.306 e. The van der Waals surface area contributed by atoms with Crippen LogP contribution in [0.5, 0.6) is 0 Å². The molecule has 0 aliphatic rings. The van der Waals surface area contributed by atoms with E-state index >= 15 is 0 Å². The van der Waals surface area contributed by atoms with Crippen LogP contribution in [0.3, 0.4) is 0 Å². The highest BCUT2D eigenvalue weighted by atomic mass is 32.2. The zero-order valence-electron chi connectivity index (χ0n) is 13.3. The Morgan fingerprint density at radius 3 is 2.39 bits per heavy atom. The maximum absolute atomic E-state index is 11.3. The third kappa shape index (κ3) is 5.51. The largest absolute Gasteiger partial charge is 0.306 e. The van der Waals surface area contributed by atoms with Crippen LogP contribution < -0.4 is 5.32 Å². The van der Waals surface area contributed by atoms with E-state index in [0.717, 1.165) is 16.7 Å². The normalized spacial score (nSPS) is 12.6. The van der Waals surface area contributed by atoms with Crippen molar-refractivity contribution in [2.24, 2.45) is 0 Å². The summed E-state index contributed by atoms with van der Waals surface area (Å²) in [5, 5.41) is 12.4. The molecule has 2 rings (SSSR count). The molecule has 5 heteroatoms. The summed E-state index contributed by atoms with van der Waals surface area (Å²) in [6.07, 6.45) is 1.24. The van der Waals surface area contributed by atoms with Gasteiger partial charge in [-0.25, -0.2) is 8.42 Å². The zero-order valence-corrected chi connectivity index (χ0v) is 14.1. The minimum atomic E-state index is -3.00. The van der Waals surface area contributed by atoms with Gasteiger partial charge in [0.2, 0.25) is 0 Å². The maximum Gasteiger partial charge on any atom is 0.151 e. The molecule has 0 aliphatic heterocycles. The lowest BCUT2D eigenvalue weighted by Gasteiger charge is -2.14. The SMILES string of the molecule is C[C@H](NCc1ccc(CS(C)(=O)=O)cc1)c1cccc(C#N)c1. The van der Waals surface area contributed by atoms with Crippen LogP contribution in [0.1, 0.15) is 35.2 Å². The lowest BCUT2D eigenvalue weighted by Crippen LogP contribution is -2.18. The van der Waals surface area contributed by atoms with Gasteiger partial charge in [0.25, 0.3) is 0 Å². The Kier molecular flexibility index (Phi) is 5.54. The van der Waals surface area contributed by atoms with Crippen molar-refractivity contribution in [3.63, 3.8) is 0 Å². The summed E-state index contributed by atoms with van der Waals surface area (Å²) in [6.45, 7) is 2.73. The molecule has 0 amide bonds. The number of rotatable bonds is 6. The van der Waals surface area contributed by atoms with Crippen molar-refractivity contribution in [2.45, 2.75) is 25.3 Å². The van der Waals surface area contributed by atoms with Crippen LogP contribution in [0, 0.1) is 11.3 Å². The molecule has 0 spiro atoms. The molecular formula is C18H20N2O2S. The van der Waals surface area contributed by atoms with Crippen molar-refractivity contribution >= 4 is 9.84 Å². The van der Waals surface area contributed by atoms with Crippen molar-refractivity contribution in [1.82, 2.24) is 5.32 Å². The molecule has 2 aromatic rings. The third-order valence-electron chi connectivity index (χ3n) is 3.58. The number of nitrogens with one attached hydrogen (secondary N) is 1. The number of sulfone groups is 1. The van der Waals surface area contributed by atoms with E-state index in [0.29, 0.717) is 12.1 Å². The second-order valence-corrected chi connectivity index (χ2v) is 7.87. The molecule has 0 aliphatic carbocycles. The van der Waals surface area contributed by atoms with Gasteiger partial charge in [-0.15, -0.1) is 0 Å². The fourth-order valence-corrected chi connectivity index (χ4v) is 3.12. The maximum atomic E-state index is 11.3. The summed E-state index contributed by atoms with van der Waals surface area (Å²) < 4.78 is 22.5. The Morgan fingerprint density at radius 1 is 1.13 bits per heavy atom. The van der Waals surface area contributed by atoms with Crippen molar-refractivity contribution in [2.75, 3.05) is 6.26 Å². The summed E-state index contributed by atoms with van der Waals surface area (Å²) in [5.74, 6) is 0.0675. The predicted molar refractivity (Wildman–Crippen MR) is 91.4 cm³/mol. The Morgan fingerprint density at radius 2 is 1.78 bits per heavy atom. The quantitative estimate of drug-likeness (QED) is 0.885. The highest BCUT2D eigenvalue weighted by molar-refractivity contribution is 7.89. The van der Waals surface area contributed by atoms with E-state index in [9.17, 15) is 8.42 Å². The summed E-state index contributed by atoms with van der Waals surface area (Å²) in [7, 11) is -3.00. The molecule has 0 bridgehead atoms. The van der Waals surface area contributed by atoms with E-state index < -0.39 is 9.84 Å². The lowest BCUT2D eigenvalue weighted by atomic mass is 10.1. The average Bonchev–Trinajstić information content (AvgIpc) is 2.52. The summed E-state index contributed by atoms with van der Waals surface area (Å²) in [5.41, 5.74) is 3.61. The van der Waals surface area contributed by atoms with Crippen LogP contribution in [0.2, 0.25) is 0 Å². The number of hydrogen-bond donors (Lipinski definition) is 1. The van der Waals surface area contributed by atoms with Gasteiger partial charge in [-0.05, 0) is 35.7 Å². The molecule has 0 fully saturated rings. The van der Waals surface area contributed by atoms with E-state index in [1.807, 2.05) is 42.5 Å². The highest BCUT2D eigenvalue weighted by Crippen LogP contribution is 2.15. The first-order valence-corrected chi connectivity index (χ1v) is 9.42. The van der Waals surface area contributed by atoms with Gasteiger partial charge in [-0.2, -0.15) is 5.26 Å². The van der Waals surface area contributed by atoms with E-state index in [4.69, 9.17) is 5.26 Å². The topological polar surface area (TPSA) is 70.0 Å². The van der Waals surface area contributed by atoms with Crippen molar-refractivity contribution in [3.05, 3.63) is 70.8 Å². The first kappa shape index (κ1) is 17.2. The van der Waals surface area contributed by atoms with Crippen molar-refractivity contribution in [3.8, 4) is 6.07 Å². The summed E-state index contributed by atoms with van der Waals surface area (Å²) >= 11 is 0. The van der Waals surface area contributed by atoms with E-state index in [-0.39, 0.29) is 11.8 Å². The van der Waals surface area contributed by atoms with Crippen LogP contribution in [-0.4, -0.2) is 14.7 Å². The van der Waals surface area contributed by atoms with Gasteiger partial charge in [0.15, 0.2) is 9.84 Å². The molecule has 0 saturated carbocycles. The van der Waals surface area contributed by atoms with Gasteiger partial charge in [0, 0.05) is 18.8 Å². The van der Waals surface area contributed by atoms with Gasteiger partial charge < -0.3 is 5.32 Å². The molecule has 23 heavy (non-hydrogen) atoms. The molecule has 0 heterocycles. The van der Waals surface area contributed by atoms with Crippen LogP contribution in [0.4, 0.5) is 0 Å². The van der Waals surface area contributed by atoms with E-state index in [1.165, 1.54) is 6.26 Å². The van der Waals surface area contributed by atoms with Crippen LogP contribution in [-0.2, 0) is 22.1 Å². The highest BCUT2D eigenvalue weighted by Gasteiger charge is 2.07. The van der Waals surface area contributed by atoms with Gasteiger partial charge in [-0.1, -0.05) is 36.4 Å². The Hall–Kier alpha value is -2.16. The lowest BCUT2D eigenvalue weighted by molar-refractivity contribution is 0.574. The molecule has 1 N–H and O–H groups in total. The average molecular weight is 328 g/mol. The molecular weight excluding hydrogens is 308 g/mol. The molecule has 0 saturated heterocycles. The zero-order chi connectivity index (χ0) is 16.9. The third-order valence-corrected chi connectivity index (χ3v) is 4.44. The monoisotopic (exact) mass is 328 g/mol. The molecule has 2 aromatic carbocycles.